The van der Waals surface area contributed by atoms with Crippen molar-refractivity contribution in [2.45, 2.75) is 0 Å². The Morgan fingerprint density at radius 2 is 0.958 bits per heavy atom. The largest absolute Gasteiger partial charge is 0.203 e. The topological polar surface area (TPSA) is 24.7 Å². The van der Waals surface area contributed by atoms with Gasteiger partial charge in [0.05, 0.1) is 8.47 Å². The zero-order chi connectivity index (χ0) is 16.5. The lowest BCUT2D eigenvalue weighted by Crippen LogP contribution is -1.91. The van der Waals surface area contributed by atoms with E-state index in [0.29, 0.717) is 0 Å². The van der Waals surface area contributed by atoms with E-state index >= 15 is 0 Å². The van der Waals surface area contributed by atoms with E-state index in [4.69, 9.17) is 23.2 Å². The van der Waals surface area contributed by atoms with Crippen molar-refractivity contribution < 1.29 is 0 Å². The van der Waals surface area contributed by atoms with E-state index < -0.39 is 0 Å². The Kier molecular flexibility index (Phi) is 5.22. The lowest BCUT2D eigenvalue weighted by molar-refractivity contribution is 1.66. The molecular weight excluding hydrogens is 419 g/mol. The lowest BCUT2D eigenvalue weighted by atomic mass is 10.2. The van der Waals surface area contributed by atoms with Crippen molar-refractivity contribution in [2.75, 3.05) is 0 Å². The number of nitrogens with zero attached hydrogens (tertiary/aromatic N) is 2. The zero-order valence-electron chi connectivity index (χ0n) is 11.9. The minimum absolute atomic E-state index is 0.733. The predicted octanol–water partition coefficient (Wildman–Crippen LogP) is 7.10. The summed E-state index contributed by atoms with van der Waals surface area (Å²) in [4.78, 5) is 0. The van der Waals surface area contributed by atoms with E-state index in [0.717, 1.165) is 31.3 Å². The van der Waals surface area contributed by atoms with Crippen molar-refractivity contribution in [2.24, 2.45) is 8.80 Å². The highest BCUT2D eigenvalue weighted by atomic mass is 35.5. The van der Waals surface area contributed by atoms with Crippen molar-refractivity contribution in [3.63, 3.8) is 0 Å². The summed E-state index contributed by atoms with van der Waals surface area (Å²) < 4.78 is 11.5. The molecule has 0 saturated heterocycles. The molecule has 0 aromatic heterocycles. The quantitative estimate of drug-likeness (QED) is 0.477. The molecule has 4 rings (SSSR count). The fourth-order valence-electron chi connectivity index (χ4n) is 1.98. The van der Waals surface area contributed by atoms with Crippen LogP contribution in [0.25, 0.3) is 0 Å². The van der Waals surface area contributed by atoms with Gasteiger partial charge in [0.25, 0.3) is 0 Å². The van der Waals surface area contributed by atoms with Gasteiger partial charge in [-0.05, 0) is 24.3 Å². The second-order valence-electron chi connectivity index (χ2n) is 4.77. The highest BCUT2D eigenvalue weighted by Gasteiger charge is 2.25. The van der Waals surface area contributed by atoms with Crippen molar-refractivity contribution in [1.82, 2.24) is 0 Å². The molecule has 8 heteroatoms. The maximum Gasteiger partial charge on any atom is 0.117 e. The summed E-state index contributed by atoms with van der Waals surface area (Å²) in [6, 6.07) is 15.5. The summed E-state index contributed by atoms with van der Waals surface area (Å²) in [5.74, 6) is 0. The van der Waals surface area contributed by atoms with E-state index in [1.54, 1.807) is 23.5 Å². The highest BCUT2D eigenvalue weighted by Crippen LogP contribution is 2.52. The molecule has 2 nitrogen and oxygen atoms in total. The Morgan fingerprint density at radius 1 is 0.583 bits per heavy atom. The lowest BCUT2D eigenvalue weighted by Gasteiger charge is -2.01. The standard InChI is InChI=1S/C16H8Cl2N2S4/c17-11-5-1-9(2-6-11)13-19-23-15(21-13)16-22-14(20-24-16)10-3-7-12(18)8-4-10/h1-8H/b16-15+. The summed E-state index contributed by atoms with van der Waals surface area (Å²) >= 11 is 18.3. The van der Waals surface area contributed by atoms with Gasteiger partial charge >= 0.3 is 0 Å². The maximum atomic E-state index is 5.94. The SMILES string of the molecule is Clc1ccc(C2=NS/C(=C3/SN=C(c4ccc(Cl)cc4)S3)S2)cc1. The van der Waals surface area contributed by atoms with E-state index in [-0.39, 0.29) is 0 Å². The molecule has 0 N–H and O–H groups in total. The number of benzene rings is 2. The number of halogens is 2. The molecule has 2 aliphatic rings. The van der Waals surface area contributed by atoms with Crippen LogP contribution in [0.2, 0.25) is 10.0 Å². The van der Waals surface area contributed by atoms with Gasteiger partial charge in [0.15, 0.2) is 0 Å². The van der Waals surface area contributed by atoms with Crippen LogP contribution in [0.3, 0.4) is 0 Å². The molecule has 0 amide bonds. The van der Waals surface area contributed by atoms with Gasteiger partial charge in [-0.15, -0.1) is 0 Å². The molecule has 0 spiro atoms. The Bertz CT molecular complexity index is 800. The first-order valence-electron chi connectivity index (χ1n) is 6.81. The molecule has 0 unspecified atom stereocenters. The monoisotopic (exact) mass is 426 g/mol. The van der Waals surface area contributed by atoms with Gasteiger partial charge in [-0.2, -0.15) is 0 Å². The minimum Gasteiger partial charge on any atom is -0.203 e. The molecule has 120 valence electrons. The van der Waals surface area contributed by atoms with Crippen LogP contribution in [0, 0.1) is 0 Å². The normalized spacial score (nSPS) is 20.2. The smallest absolute Gasteiger partial charge is 0.117 e. The van der Waals surface area contributed by atoms with Crippen molar-refractivity contribution >= 4 is 80.7 Å². The van der Waals surface area contributed by atoms with Crippen LogP contribution in [0.15, 0.2) is 65.8 Å². The van der Waals surface area contributed by atoms with Crippen LogP contribution < -0.4 is 0 Å². The van der Waals surface area contributed by atoms with Crippen molar-refractivity contribution in [1.29, 1.82) is 0 Å². The Hall–Kier alpha value is -0.500. The van der Waals surface area contributed by atoms with Crippen LogP contribution in [0.4, 0.5) is 0 Å². The Balaban J connectivity index is 1.48. The van der Waals surface area contributed by atoms with E-state index in [9.17, 15) is 0 Å². The second-order valence-corrected chi connectivity index (χ2v) is 9.70. The first-order valence-corrected chi connectivity index (χ1v) is 10.7. The van der Waals surface area contributed by atoms with E-state index in [1.807, 2.05) is 48.5 Å². The van der Waals surface area contributed by atoms with Gasteiger partial charge in [-0.25, -0.2) is 8.80 Å². The summed E-state index contributed by atoms with van der Waals surface area (Å²) in [5, 5.41) is 3.47. The third-order valence-electron chi connectivity index (χ3n) is 3.15. The summed E-state index contributed by atoms with van der Waals surface area (Å²) in [6.07, 6.45) is 0. The van der Waals surface area contributed by atoms with Gasteiger partial charge in [-0.1, -0.05) is 71.0 Å². The van der Waals surface area contributed by atoms with E-state index in [1.165, 1.54) is 32.4 Å². The molecule has 2 aliphatic heterocycles. The van der Waals surface area contributed by atoms with Gasteiger partial charge in [-0.3, -0.25) is 0 Å². The fourth-order valence-corrected chi connectivity index (χ4v) is 6.42. The average molecular weight is 427 g/mol. The molecule has 0 radical (unpaired) electrons. The molecule has 0 fully saturated rings. The van der Waals surface area contributed by atoms with Crippen molar-refractivity contribution in [3.05, 3.63) is 78.2 Å². The van der Waals surface area contributed by atoms with Gasteiger partial charge in [0, 0.05) is 45.1 Å². The molecule has 24 heavy (non-hydrogen) atoms. The number of hydrogen-bond donors (Lipinski definition) is 0. The number of rotatable bonds is 2. The average Bonchev–Trinajstić information content (AvgIpc) is 3.25. The fraction of sp³-hybridized carbons (Fsp3) is 0. The Labute approximate surface area is 166 Å². The summed E-state index contributed by atoms with van der Waals surface area (Å²) in [5.41, 5.74) is 2.17. The molecular formula is C16H8Cl2N2S4. The van der Waals surface area contributed by atoms with Crippen molar-refractivity contribution in [3.8, 4) is 0 Å². The van der Waals surface area contributed by atoms with Gasteiger partial charge < -0.3 is 0 Å². The predicted molar refractivity (Wildman–Crippen MR) is 113 cm³/mol. The first kappa shape index (κ1) is 16.9. The zero-order valence-corrected chi connectivity index (χ0v) is 16.7. The van der Waals surface area contributed by atoms with Crippen LogP contribution >= 0.6 is 70.6 Å². The third kappa shape index (κ3) is 3.69. The van der Waals surface area contributed by atoms with Crippen LogP contribution in [0.1, 0.15) is 11.1 Å². The molecule has 0 aliphatic carbocycles. The molecule has 2 aromatic rings. The van der Waals surface area contributed by atoms with Gasteiger partial charge in [0.1, 0.15) is 10.1 Å². The molecule has 2 aromatic carbocycles. The van der Waals surface area contributed by atoms with Gasteiger partial charge in [0.2, 0.25) is 0 Å². The number of thioether (sulfide) groups is 2. The van der Waals surface area contributed by atoms with Crippen LogP contribution in [-0.2, 0) is 0 Å². The minimum atomic E-state index is 0.733. The second kappa shape index (κ2) is 7.40. The summed E-state index contributed by atoms with van der Waals surface area (Å²) in [6.45, 7) is 0. The van der Waals surface area contributed by atoms with E-state index in [2.05, 4.69) is 8.80 Å². The maximum absolute atomic E-state index is 5.94. The molecule has 2 heterocycles. The van der Waals surface area contributed by atoms with Crippen LogP contribution in [-0.4, -0.2) is 10.1 Å². The highest BCUT2D eigenvalue weighted by molar-refractivity contribution is 8.38. The summed E-state index contributed by atoms with van der Waals surface area (Å²) in [7, 11) is 0. The van der Waals surface area contributed by atoms with Crippen LogP contribution in [0.5, 0.6) is 0 Å². The third-order valence-corrected chi connectivity index (χ3v) is 8.46. The Morgan fingerprint density at radius 3 is 1.33 bits per heavy atom. The molecule has 0 bridgehead atoms. The first-order chi connectivity index (χ1) is 11.7. The number of hydrogen-bond acceptors (Lipinski definition) is 6. The molecule has 0 atom stereocenters. The molecule has 0 saturated carbocycles.